The molecule has 2 aromatic carbocycles. The lowest BCUT2D eigenvalue weighted by atomic mass is 9.95. The average Bonchev–Trinajstić information content (AvgIpc) is 3.42. The Morgan fingerprint density at radius 1 is 1.15 bits per heavy atom. The van der Waals surface area contributed by atoms with Crippen LogP contribution in [-0.2, 0) is 25.7 Å². The standard InChI is InChI=1S/C27H21ClF3N5S3/c1-15-33-34-22-12-32-25(18-7-2-3-8-20(18)28)24-19-9-10-35(13-21(19)39-26(24)36(15)22)23(37)14-38-17-6-4-5-16(11-17)27(29,30)31/h2-8,11H,9-10,12-14H2,1H3. The molecule has 0 unspecified atom stereocenters. The first kappa shape index (κ1) is 26.5. The summed E-state index contributed by atoms with van der Waals surface area (Å²) in [5, 5.41) is 10.3. The van der Waals surface area contributed by atoms with Gasteiger partial charge < -0.3 is 4.90 Å². The van der Waals surface area contributed by atoms with E-state index in [-0.39, 0.29) is 0 Å². The number of thiocarbonyl (C=S) groups is 1. The Morgan fingerprint density at radius 3 is 2.77 bits per heavy atom. The van der Waals surface area contributed by atoms with E-state index in [0.29, 0.717) is 40.3 Å². The van der Waals surface area contributed by atoms with Gasteiger partial charge in [-0.2, -0.15) is 13.2 Å². The van der Waals surface area contributed by atoms with E-state index in [2.05, 4.69) is 19.7 Å². The number of nitrogens with zero attached hydrogens (tertiary/aromatic N) is 5. The first-order chi connectivity index (χ1) is 18.7. The minimum Gasteiger partial charge on any atom is -0.360 e. The van der Waals surface area contributed by atoms with Crippen LogP contribution in [0.3, 0.4) is 0 Å². The Kier molecular flexibility index (Phi) is 7.03. The number of hydrogen-bond donors (Lipinski definition) is 0. The number of halogens is 4. The van der Waals surface area contributed by atoms with Crippen LogP contribution >= 0.6 is 46.9 Å². The van der Waals surface area contributed by atoms with E-state index < -0.39 is 11.7 Å². The summed E-state index contributed by atoms with van der Waals surface area (Å²) < 4.78 is 41.4. The quantitative estimate of drug-likeness (QED) is 0.183. The normalized spacial score (nSPS) is 14.8. The van der Waals surface area contributed by atoms with Gasteiger partial charge in [0.05, 0.1) is 22.8 Å². The number of aryl methyl sites for hydroxylation is 1. The van der Waals surface area contributed by atoms with Gasteiger partial charge in [0.2, 0.25) is 0 Å². The molecule has 0 spiro atoms. The summed E-state index contributed by atoms with van der Waals surface area (Å²) >= 11 is 15.4. The highest BCUT2D eigenvalue weighted by atomic mass is 35.5. The zero-order valence-electron chi connectivity index (χ0n) is 20.6. The van der Waals surface area contributed by atoms with Crippen molar-refractivity contribution in [3.8, 4) is 5.00 Å². The first-order valence-electron chi connectivity index (χ1n) is 12.1. The van der Waals surface area contributed by atoms with Gasteiger partial charge in [0.15, 0.2) is 5.82 Å². The third-order valence-electron chi connectivity index (χ3n) is 6.75. The molecule has 0 saturated heterocycles. The molecule has 0 N–H and O–H groups in total. The molecule has 0 bridgehead atoms. The van der Waals surface area contributed by atoms with Crippen LogP contribution in [-0.4, -0.2) is 42.7 Å². The second kappa shape index (κ2) is 10.3. The fourth-order valence-corrected chi connectivity index (χ4v) is 7.72. The van der Waals surface area contributed by atoms with E-state index in [4.69, 9.17) is 28.8 Å². The Morgan fingerprint density at radius 2 is 1.97 bits per heavy atom. The van der Waals surface area contributed by atoms with E-state index in [9.17, 15) is 13.2 Å². The summed E-state index contributed by atoms with van der Waals surface area (Å²) in [6, 6.07) is 13.1. The van der Waals surface area contributed by atoms with Crippen LogP contribution in [0.15, 0.2) is 58.4 Å². The van der Waals surface area contributed by atoms with Gasteiger partial charge in [0.25, 0.3) is 0 Å². The van der Waals surface area contributed by atoms with Crippen molar-refractivity contribution in [1.29, 1.82) is 0 Å². The van der Waals surface area contributed by atoms with E-state index in [1.54, 1.807) is 17.4 Å². The zero-order valence-corrected chi connectivity index (χ0v) is 23.8. The molecule has 2 aromatic heterocycles. The molecule has 4 aromatic rings. The number of aromatic nitrogens is 3. The second-order valence-corrected chi connectivity index (χ2v) is 12.2. The molecule has 4 heterocycles. The van der Waals surface area contributed by atoms with Gasteiger partial charge >= 0.3 is 6.18 Å². The van der Waals surface area contributed by atoms with Crippen molar-refractivity contribution < 1.29 is 13.2 Å². The summed E-state index contributed by atoms with van der Waals surface area (Å²) in [4.78, 5) is 9.54. The SMILES string of the molecule is Cc1nnc2n1-c1sc3c(c1C(c1ccccc1Cl)=NC2)CCN(C(=S)CSc1cccc(C(F)(F)F)c1)C3. The Balaban J connectivity index is 1.29. The predicted octanol–water partition coefficient (Wildman–Crippen LogP) is 7.14. The number of thioether (sulfide) groups is 1. The summed E-state index contributed by atoms with van der Waals surface area (Å²) in [7, 11) is 0. The highest BCUT2D eigenvalue weighted by Crippen LogP contribution is 2.41. The highest BCUT2D eigenvalue weighted by Gasteiger charge is 2.33. The van der Waals surface area contributed by atoms with E-state index in [1.807, 2.05) is 31.2 Å². The third-order valence-corrected chi connectivity index (χ3v) is 9.88. The van der Waals surface area contributed by atoms with E-state index in [1.165, 1.54) is 34.3 Å². The maximum atomic E-state index is 13.1. The fourth-order valence-electron chi connectivity index (χ4n) is 4.88. The fraction of sp³-hybridized carbons (Fsp3) is 0.259. The molecule has 6 rings (SSSR count). The van der Waals surface area contributed by atoms with Gasteiger partial charge in [-0.25, -0.2) is 0 Å². The van der Waals surface area contributed by atoms with Crippen LogP contribution in [0.5, 0.6) is 0 Å². The summed E-state index contributed by atoms with van der Waals surface area (Å²) in [5.74, 6) is 2.00. The van der Waals surface area contributed by atoms with Crippen LogP contribution in [0.25, 0.3) is 5.00 Å². The van der Waals surface area contributed by atoms with Crippen molar-refractivity contribution in [3.63, 3.8) is 0 Å². The molecule has 0 aliphatic carbocycles. The van der Waals surface area contributed by atoms with Gasteiger partial charge in [0.1, 0.15) is 17.4 Å². The number of alkyl halides is 3. The van der Waals surface area contributed by atoms with Crippen molar-refractivity contribution in [3.05, 3.63) is 92.3 Å². The second-order valence-electron chi connectivity index (χ2n) is 9.21. The van der Waals surface area contributed by atoms with E-state index in [0.717, 1.165) is 46.0 Å². The monoisotopic (exact) mass is 603 g/mol. The molecule has 0 amide bonds. The minimum absolute atomic E-state index is 0.403. The Bertz CT molecular complexity index is 1630. The smallest absolute Gasteiger partial charge is 0.360 e. The topological polar surface area (TPSA) is 46.3 Å². The lowest BCUT2D eigenvalue weighted by molar-refractivity contribution is -0.137. The van der Waals surface area contributed by atoms with Crippen molar-refractivity contribution in [1.82, 2.24) is 19.7 Å². The highest BCUT2D eigenvalue weighted by molar-refractivity contribution is 8.01. The van der Waals surface area contributed by atoms with Crippen molar-refractivity contribution in [2.24, 2.45) is 4.99 Å². The molecule has 2 aliphatic heterocycles. The molecule has 2 aliphatic rings. The number of aliphatic imine (C=N–C) groups is 1. The number of fused-ring (bicyclic) bond motifs is 5. The molecule has 12 heteroatoms. The van der Waals surface area contributed by atoms with E-state index >= 15 is 0 Å². The third kappa shape index (κ3) is 5.01. The van der Waals surface area contributed by atoms with Gasteiger partial charge in [-0.15, -0.1) is 33.3 Å². The van der Waals surface area contributed by atoms with Gasteiger partial charge in [-0.1, -0.05) is 48.1 Å². The number of thiophene rings is 1. The zero-order chi connectivity index (χ0) is 27.3. The maximum Gasteiger partial charge on any atom is 0.416 e. The molecule has 5 nitrogen and oxygen atoms in total. The van der Waals surface area contributed by atoms with Crippen LogP contribution in [0.2, 0.25) is 5.02 Å². The van der Waals surface area contributed by atoms with Crippen LogP contribution in [0, 0.1) is 6.92 Å². The number of benzene rings is 2. The van der Waals surface area contributed by atoms with Crippen LogP contribution in [0.4, 0.5) is 13.2 Å². The molecule has 0 saturated carbocycles. The lowest BCUT2D eigenvalue weighted by Gasteiger charge is -2.29. The summed E-state index contributed by atoms with van der Waals surface area (Å²) in [5.41, 5.74) is 3.37. The maximum absolute atomic E-state index is 13.1. The Hall–Kier alpha value is -2.73. The summed E-state index contributed by atoms with van der Waals surface area (Å²) in [6.45, 7) is 3.68. The van der Waals surface area contributed by atoms with Gasteiger partial charge in [-0.05, 0) is 43.2 Å². The number of rotatable bonds is 4. The first-order valence-corrected chi connectivity index (χ1v) is 14.7. The minimum atomic E-state index is -4.37. The number of hydrogen-bond acceptors (Lipinski definition) is 6. The molecule has 0 fully saturated rings. The van der Waals surface area contributed by atoms with Gasteiger partial charge in [0, 0.05) is 38.2 Å². The van der Waals surface area contributed by atoms with Crippen molar-refractivity contribution in [2.45, 2.75) is 37.5 Å². The Labute approximate surface area is 241 Å². The molecular formula is C27H21ClF3N5S3. The largest absolute Gasteiger partial charge is 0.416 e. The van der Waals surface area contributed by atoms with Crippen molar-refractivity contribution >= 4 is 57.6 Å². The predicted molar refractivity (Wildman–Crippen MR) is 154 cm³/mol. The molecule has 39 heavy (non-hydrogen) atoms. The average molecular weight is 604 g/mol. The molecule has 200 valence electrons. The molecular weight excluding hydrogens is 583 g/mol. The lowest BCUT2D eigenvalue weighted by Crippen LogP contribution is -2.35. The molecule has 0 radical (unpaired) electrons. The van der Waals surface area contributed by atoms with Crippen LogP contribution < -0.4 is 0 Å². The molecule has 0 atom stereocenters. The summed E-state index contributed by atoms with van der Waals surface area (Å²) in [6.07, 6.45) is -3.61. The van der Waals surface area contributed by atoms with Crippen LogP contribution in [0.1, 0.15) is 38.8 Å². The van der Waals surface area contributed by atoms with Gasteiger partial charge in [-0.3, -0.25) is 9.56 Å². The van der Waals surface area contributed by atoms with Crippen molar-refractivity contribution in [2.75, 3.05) is 12.3 Å².